The highest BCUT2D eigenvalue weighted by atomic mass is 16.5. The van der Waals surface area contributed by atoms with Crippen LogP contribution in [0.5, 0.6) is 0 Å². The maximum absolute atomic E-state index is 10.6. The van der Waals surface area contributed by atoms with E-state index in [0.717, 1.165) is 0 Å². The topological polar surface area (TPSA) is 35.5 Å². The lowest BCUT2D eigenvalue weighted by Gasteiger charge is -2.17. The molecule has 0 fully saturated rings. The predicted octanol–water partition coefficient (Wildman–Crippen LogP) is 1.69. The minimum absolute atomic E-state index is 0.163. The summed E-state index contributed by atoms with van der Waals surface area (Å²) in [7, 11) is 1.33. The van der Waals surface area contributed by atoms with Gasteiger partial charge in [0.2, 0.25) is 0 Å². The van der Waals surface area contributed by atoms with Gasteiger partial charge in [-0.25, -0.2) is 4.79 Å². The first kappa shape index (κ1) is 11.9. The van der Waals surface area contributed by atoms with Crippen molar-refractivity contribution in [2.75, 3.05) is 13.7 Å². The maximum Gasteiger partial charge on any atom is 0.338 e. The van der Waals surface area contributed by atoms with Crippen molar-refractivity contribution in [2.24, 2.45) is 0 Å². The van der Waals surface area contributed by atoms with Crippen molar-refractivity contribution >= 4 is 5.97 Å². The summed E-state index contributed by atoms with van der Waals surface area (Å²) in [4.78, 5) is 10.6. The van der Waals surface area contributed by atoms with Crippen molar-refractivity contribution in [1.29, 1.82) is 0 Å². The van der Waals surface area contributed by atoms with Crippen molar-refractivity contribution in [2.45, 2.75) is 26.4 Å². The van der Waals surface area contributed by atoms with Crippen LogP contribution in [-0.4, -0.2) is 25.3 Å². The molecule has 0 spiro atoms. The quantitative estimate of drug-likeness (QED) is 0.380. The molecule has 0 amide bonds. The molecular formula is C10H16O3. The van der Waals surface area contributed by atoms with Crippen LogP contribution in [0, 0.1) is 0 Å². The van der Waals surface area contributed by atoms with Crippen LogP contribution in [0.2, 0.25) is 0 Å². The maximum atomic E-state index is 10.6. The highest BCUT2D eigenvalue weighted by Crippen LogP contribution is 2.05. The SMILES string of the molecule is COC(=O)C=C=CCOC(C)(C)C. The number of ether oxygens (including phenoxy) is 2. The van der Waals surface area contributed by atoms with Gasteiger partial charge in [-0.2, -0.15) is 0 Å². The summed E-state index contributed by atoms with van der Waals surface area (Å²) in [6.45, 7) is 6.33. The summed E-state index contributed by atoms with van der Waals surface area (Å²) in [6.07, 6.45) is 2.87. The number of hydrogen-bond donors (Lipinski definition) is 0. The summed E-state index contributed by atoms with van der Waals surface area (Å²) in [5, 5.41) is 0. The molecule has 0 aromatic rings. The molecule has 13 heavy (non-hydrogen) atoms. The van der Waals surface area contributed by atoms with Gasteiger partial charge in [0.1, 0.15) is 0 Å². The molecule has 0 aliphatic heterocycles. The van der Waals surface area contributed by atoms with Gasteiger partial charge in [0.05, 0.1) is 25.4 Å². The summed E-state index contributed by atoms with van der Waals surface area (Å²) >= 11 is 0. The second kappa shape index (κ2) is 5.57. The van der Waals surface area contributed by atoms with Gasteiger partial charge in [0, 0.05) is 0 Å². The minimum Gasteiger partial charge on any atom is -0.465 e. The first-order valence-electron chi connectivity index (χ1n) is 4.08. The summed E-state index contributed by atoms with van der Waals surface area (Å²) in [5.74, 6) is -0.410. The lowest BCUT2D eigenvalue weighted by molar-refractivity contribution is -0.134. The van der Waals surface area contributed by atoms with Gasteiger partial charge in [-0.15, -0.1) is 5.73 Å². The van der Waals surface area contributed by atoms with E-state index < -0.39 is 5.97 Å². The molecule has 0 bridgehead atoms. The smallest absolute Gasteiger partial charge is 0.338 e. The summed E-state index contributed by atoms with van der Waals surface area (Å²) in [6, 6.07) is 0. The standard InChI is InChI=1S/C10H16O3/c1-10(2,3)13-8-6-5-7-9(11)12-4/h6-7H,8H2,1-4H3. The summed E-state index contributed by atoms with van der Waals surface area (Å²) in [5.41, 5.74) is 2.50. The largest absolute Gasteiger partial charge is 0.465 e. The Bertz CT molecular complexity index is 217. The van der Waals surface area contributed by atoms with Crippen LogP contribution >= 0.6 is 0 Å². The fourth-order valence-electron chi connectivity index (χ4n) is 0.526. The van der Waals surface area contributed by atoms with E-state index in [1.807, 2.05) is 20.8 Å². The molecule has 0 heterocycles. The van der Waals surface area contributed by atoms with Gasteiger partial charge in [-0.05, 0) is 26.8 Å². The normalized spacial score (nSPS) is 10.2. The van der Waals surface area contributed by atoms with Crippen molar-refractivity contribution in [3.63, 3.8) is 0 Å². The lowest BCUT2D eigenvalue weighted by atomic mass is 10.2. The Balaban J connectivity index is 3.76. The first-order valence-corrected chi connectivity index (χ1v) is 4.08. The Kier molecular flexibility index (Phi) is 5.12. The second-order valence-electron chi connectivity index (χ2n) is 3.46. The number of hydrogen-bond acceptors (Lipinski definition) is 3. The van der Waals surface area contributed by atoms with Crippen LogP contribution in [0.1, 0.15) is 20.8 Å². The zero-order chi connectivity index (χ0) is 10.3. The fraction of sp³-hybridized carbons (Fsp3) is 0.600. The molecule has 0 unspecified atom stereocenters. The zero-order valence-corrected chi connectivity index (χ0v) is 8.59. The van der Waals surface area contributed by atoms with E-state index >= 15 is 0 Å². The van der Waals surface area contributed by atoms with E-state index in [2.05, 4.69) is 10.5 Å². The Morgan fingerprint density at radius 3 is 2.54 bits per heavy atom. The van der Waals surface area contributed by atoms with Crippen LogP contribution in [0.25, 0.3) is 0 Å². The van der Waals surface area contributed by atoms with Gasteiger partial charge in [-0.1, -0.05) is 0 Å². The van der Waals surface area contributed by atoms with Crippen molar-refractivity contribution in [3.8, 4) is 0 Å². The van der Waals surface area contributed by atoms with Crippen molar-refractivity contribution in [3.05, 3.63) is 17.9 Å². The number of methoxy groups -OCH3 is 1. The van der Waals surface area contributed by atoms with Crippen LogP contribution in [0.15, 0.2) is 17.9 Å². The van der Waals surface area contributed by atoms with Gasteiger partial charge < -0.3 is 9.47 Å². The lowest BCUT2D eigenvalue weighted by Crippen LogP contribution is -2.18. The van der Waals surface area contributed by atoms with Crippen molar-refractivity contribution in [1.82, 2.24) is 0 Å². The molecule has 0 rings (SSSR count). The molecule has 0 aromatic carbocycles. The van der Waals surface area contributed by atoms with E-state index in [1.165, 1.54) is 13.2 Å². The summed E-state index contributed by atoms with van der Waals surface area (Å²) < 4.78 is 9.73. The third-order valence-electron chi connectivity index (χ3n) is 1.12. The van der Waals surface area contributed by atoms with E-state index in [4.69, 9.17) is 4.74 Å². The molecule has 0 saturated carbocycles. The molecule has 74 valence electrons. The number of esters is 1. The highest BCUT2D eigenvalue weighted by Gasteiger charge is 2.07. The molecule has 0 aliphatic carbocycles. The van der Waals surface area contributed by atoms with Gasteiger partial charge >= 0.3 is 5.97 Å². The average Bonchev–Trinajstić information content (AvgIpc) is 2.01. The van der Waals surface area contributed by atoms with Crippen molar-refractivity contribution < 1.29 is 14.3 Å². The Morgan fingerprint density at radius 1 is 1.46 bits per heavy atom. The predicted molar refractivity (Wildman–Crippen MR) is 50.4 cm³/mol. The second-order valence-corrected chi connectivity index (χ2v) is 3.46. The first-order chi connectivity index (χ1) is 5.95. The number of carbonyl (C=O) groups is 1. The molecule has 0 aromatic heterocycles. The molecule has 0 radical (unpaired) electrons. The molecule has 0 aliphatic rings. The fourth-order valence-corrected chi connectivity index (χ4v) is 0.526. The van der Waals surface area contributed by atoms with Gasteiger partial charge in [-0.3, -0.25) is 0 Å². The molecule has 0 atom stereocenters. The van der Waals surface area contributed by atoms with E-state index in [0.29, 0.717) is 6.61 Å². The Morgan fingerprint density at radius 2 is 2.08 bits per heavy atom. The number of carbonyl (C=O) groups excluding carboxylic acids is 1. The monoisotopic (exact) mass is 184 g/mol. The number of rotatable bonds is 3. The van der Waals surface area contributed by atoms with E-state index in [-0.39, 0.29) is 5.60 Å². The zero-order valence-electron chi connectivity index (χ0n) is 8.59. The Hall–Kier alpha value is -1.05. The molecular weight excluding hydrogens is 168 g/mol. The van der Waals surface area contributed by atoms with Gasteiger partial charge in [0.15, 0.2) is 0 Å². The molecule has 3 heteroatoms. The minimum atomic E-state index is -0.410. The van der Waals surface area contributed by atoms with Gasteiger partial charge in [0.25, 0.3) is 0 Å². The van der Waals surface area contributed by atoms with Crippen LogP contribution in [0.3, 0.4) is 0 Å². The molecule has 3 nitrogen and oxygen atoms in total. The average molecular weight is 184 g/mol. The van der Waals surface area contributed by atoms with Crippen LogP contribution in [0.4, 0.5) is 0 Å². The molecule has 0 N–H and O–H groups in total. The van der Waals surface area contributed by atoms with Crippen LogP contribution in [-0.2, 0) is 14.3 Å². The third kappa shape index (κ3) is 8.86. The highest BCUT2D eigenvalue weighted by molar-refractivity contribution is 5.81. The third-order valence-corrected chi connectivity index (χ3v) is 1.12. The molecule has 0 saturated heterocycles. The Labute approximate surface area is 79.0 Å². The van der Waals surface area contributed by atoms with Crippen LogP contribution < -0.4 is 0 Å². The van der Waals surface area contributed by atoms with E-state index in [9.17, 15) is 4.79 Å². The van der Waals surface area contributed by atoms with E-state index in [1.54, 1.807) is 6.08 Å².